The first kappa shape index (κ1) is 21.2. The van der Waals surface area contributed by atoms with Crippen molar-refractivity contribution in [2.24, 2.45) is 0 Å². The van der Waals surface area contributed by atoms with Crippen molar-refractivity contribution in [2.75, 3.05) is 0 Å². The van der Waals surface area contributed by atoms with Gasteiger partial charge in [0.1, 0.15) is 0 Å². The van der Waals surface area contributed by atoms with Crippen LogP contribution in [0.3, 0.4) is 0 Å². The topological polar surface area (TPSA) is 121 Å². The van der Waals surface area contributed by atoms with Crippen molar-refractivity contribution < 1.29 is 9.85 Å². The molecule has 4 aromatic rings. The largest absolute Gasteiger partial charge is 0.290 e. The Labute approximate surface area is 185 Å². The van der Waals surface area contributed by atoms with Crippen LogP contribution in [0.15, 0.2) is 87.6 Å². The molecule has 0 N–H and O–H groups in total. The number of para-hydroxylation sites is 1. The Kier molecular flexibility index (Phi) is 5.95. The number of aromatic nitrogens is 2. The second-order valence-electron chi connectivity index (χ2n) is 6.85. The van der Waals surface area contributed by atoms with Gasteiger partial charge >= 0.3 is 0 Å². The van der Waals surface area contributed by atoms with Crippen LogP contribution < -0.4 is 5.56 Å². The smallest absolute Gasteiger partial charge is 0.286 e. The standard InChI is InChI=1S/C22H16N4O5S/c27-21-16-9-4-5-10-17(16)23-22(24(21)14-13-15-7-2-1-3-8-15)32-20-18(25(28)29)11-6-12-19(20)26(30)31/h1-12H,13-14H2. The third kappa shape index (κ3) is 4.21. The molecule has 0 unspecified atom stereocenters. The van der Waals surface area contributed by atoms with Gasteiger partial charge in [-0.1, -0.05) is 42.5 Å². The number of rotatable bonds is 7. The Morgan fingerprint density at radius 2 is 1.47 bits per heavy atom. The van der Waals surface area contributed by atoms with Gasteiger partial charge in [0.25, 0.3) is 16.9 Å². The van der Waals surface area contributed by atoms with Crippen LogP contribution in [0, 0.1) is 20.2 Å². The molecule has 0 radical (unpaired) electrons. The molecule has 9 nitrogen and oxygen atoms in total. The van der Waals surface area contributed by atoms with Crippen LogP contribution in [-0.4, -0.2) is 19.4 Å². The number of hydrogen-bond acceptors (Lipinski definition) is 7. The minimum Gasteiger partial charge on any atom is -0.286 e. The second kappa shape index (κ2) is 8.98. The lowest BCUT2D eigenvalue weighted by molar-refractivity contribution is -0.399. The van der Waals surface area contributed by atoms with E-state index in [9.17, 15) is 25.0 Å². The summed E-state index contributed by atoms with van der Waals surface area (Å²) in [6.07, 6.45) is 0.521. The third-order valence-electron chi connectivity index (χ3n) is 4.85. The lowest BCUT2D eigenvalue weighted by Crippen LogP contribution is -2.24. The van der Waals surface area contributed by atoms with Gasteiger partial charge in [0, 0.05) is 18.7 Å². The maximum atomic E-state index is 13.2. The molecule has 1 aromatic heterocycles. The number of benzene rings is 3. The van der Waals surface area contributed by atoms with E-state index in [-0.39, 0.29) is 22.2 Å². The molecule has 0 bridgehead atoms. The molecule has 32 heavy (non-hydrogen) atoms. The molecule has 0 aliphatic heterocycles. The van der Waals surface area contributed by atoms with E-state index in [1.165, 1.54) is 22.8 Å². The molecule has 4 rings (SSSR count). The van der Waals surface area contributed by atoms with E-state index in [4.69, 9.17) is 0 Å². The van der Waals surface area contributed by atoms with Crippen molar-refractivity contribution >= 4 is 34.0 Å². The van der Waals surface area contributed by atoms with Gasteiger partial charge < -0.3 is 0 Å². The van der Waals surface area contributed by atoms with E-state index in [1.807, 2.05) is 30.3 Å². The molecule has 0 saturated carbocycles. The maximum Gasteiger partial charge on any atom is 0.290 e. The first-order valence-electron chi connectivity index (χ1n) is 9.59. The molecule has 10 heteroatoms. The molecule has 0 fully saturated rings. The van der Waals surface area contributed by atoms with Crippen molar-refractivity contribution in [3.05, 3.63) is 109 Å². The quantitative estimate of drug-likeness (QED) is 0.230. The molecule has 0 aliphatic rings. The number of nitrogens with zero attached hydrogens (tertiary/aromatic N) is 4. The summed E-state index contributed by atoms with van der Waals surface area (Å²) in [5.74, 6) is 0. The van der Waals surface area contributed by atoms with Crippen molar-refractivity contribution in [3.63, 3.8) is 0 Å². The zero-order valence-electron chi connectivity index (χ0n) is 16.6. The summed E-state index contributed by atoms with van der Waals surface area (Å²) in [5.41, 5.74) is 0.273. The molecule has 160 valence electrons. The normalized spacial score (nSPS) is 10.9. The van der Waals surface area contributed by atoms with Crippen molar-refractivity contribution in [1.82, 2.24) is 9.55 Å². The highest BCUT2D eigenvalue weighted by molar-refractivity contribution is 7.99. The fourth-order valence-electron chi connectivity index (χ4n) is 3.30. The number of aryl methyl sites for hydroxylation is 1. The summed E-state index contributed by atoms with van der Waals surface area (Å²) in [5, 5.41) is 23.6. The van der Waals surface area contributed by atoms with Gasteiger partial charge in [0.15, 0.2) is 10.1 Å². The van der Waals surface area contributed by atoms with E-state index in [0.717, 1.165) is 17.3 Å². The minimum absolute atomic E-state index is 0.155. The third-order valence-corrected chi connectivity index (χ3v) is 5.97. The Bertz CT molecular complexity index is 1360. The Balaban J connectivity index is 1.86. The van der Waals surface area contributed by atoms with Crippen LogP contribution in [0.25, 0.3) is 10.9 Å². The van der Waals surface area contributed by atoms with Crippen molar-refractivity contribution in [2.45, 2.75) is 23.0 Å². The first-order chi connectivity index (χ1) is 15.5. The summed E-state index contributed by atoms with van der Waals surface area (Å²) < 4.78 is 1.42. The van der Waals surface area contributed by atoms with E-state index in [1.54, 1.807) is 24.3 Å². The Hall–Kier alpha value is -4.05. The minimum atomic E-state index is -0.678. The predicted molar refractivity (Wildman–Crippen MR) is 120 cm³/mol. The molecule has 0 saturated heterocycles. The molecular weight excluding hydrogens is 432 g/mol. The van der Waals surface area contributed by atoms with Crippen LogP contribution >= 0.6 is 11.8 Å². The maximum absolute atomic E-state index is 13.2. The molecule has 0 spiro atoms. The number of fused-ring (bicyclic) bond motifs is 1. The van der Waals surface area contributed by atoms with Gasteiger partial charge in [-0.3, -0.25) is 29.6 Å². The Morgan fingerprint density at radius 3 is 2.12 bits per heavy atom. The summed E-state index contributed by atoms with van der Waals surface area (Å²) in [7, 11) is 0. The van der Waals surface area contributed by atoms with Crippen LogP contribution in [0.5, 0.6) is 0 Å². The van der Waals surface area contributed by atoms with Crippen LogP contribution in [0.2, 0.25) is 0 Å². The van der Waals surface area contributed by atoms with Crippen LogP contribution in [0.1, 0.15) is 5.56 Å². The zero-order chi connectivity index (χ0) is 22.7. The SMILES string of the molecule is O=c1c2ccccc2nc(Sc2c([N+](=O)[O-])cccc2[N+](=O)[O-])n1CCc1ccccc1. The lowest BCUT2D eigenvalue weighted by Gasteiger charge is -2.13. The number of nitro benzene ring substituents is 2. The fraction of sp³-hybridized carbons (Fsp3) is 0.0909. The summed E-state index contributed by atoms with van der Waals surface area (Å²) in [6, 6.07) is 20.0. The van der Waals surface area contributed by atoms with E-state index < -0.39 is 21.2 Å². The van der Waals surface area contributed by atoms with E-state index >= 15 is 0 Å². The molecule has 0 amide bonds. The van der Waals surface area contributed by atoms with Gasteiger partial charge in [-0.25, -0.2) is 4.98 Å². The fourth-order valence-corrected chi connectivity index (χ4v) is 4.41. The van der Waals surface area contributed by atoms with Crippen LogP contribution in [-0.2, 0) is 13.0 Å². The zero-order valence-corrected chi connectivity index (χ0v) is 17.4. The van der Waals surface area contributed by atoms with Gasteiger partial charge in [-0.2, -0.15) is 0 Å². The van der Waals surface area contributed by atoms with Crippen molar-refractivity contribution in [1.29, 1.82) is 0 Å². The average Bonchev–Trinajstić information content (AvgIpc) is 2.79. The number of nitro groups is 2. The average molecular weight is 448 g/mol. The van der Waals surface area contributed by atoms with E-state index in [2.05, 4.69) is 4.98 Å². The summed E-state index contributed by atoms with van der Waals surface area (Å²) >= 11 is 0.757. The predicted octanol–water partition coefficient (Wildman–Crippen LogP) is 4.61. The summed E-state index contributed by atoms with van der Waals surface area (Å²) in [4.78, 5) is 39.3. The highest BCUT2D eigenvalue weighted by atomic mass is 32.2. The van der Waals surface area contributed by atoms with Gasteiger partial charge in [-0.05, 0) is 41.9 Å². The molecule has 0 aliphatic carbocycles. The van der Waals surface area contributed by atoms with Crippen molar-refractivity contribution in [3.8, 4) is 0 Å². The highest BCUT2D eigenvalue weighted by Crippen LogP contribution is 2.40. The van der Waals surface area contributed by atoms with Gasteiger partial charge in [0.05, 0.1) is 20.7 Å². The monoisotopic (exact) mass is 448 g/mol. The second-order valence-corrected chi connectivity index (χ2v) is 7.82. The molecule has 0 atom stereocenters. The van der Waals surface area contributed by atoms with Crippen LogP contribution in [0.4, 0.5) is 11.4 Å². The Morgan fingerprint density at radius 1 is 0.844 bits per heavy atom. The molecule has 3 aromatic carbocycles. The van der Waals surface area contributed by atoms with E-state index in [0.29, 0.717) is 17.3 Å². The number of hydrogen-bond donors (Lipinski definition) is 0. The lowest BCUT2D eigenvalue weighted by atomic mass is 10.1. The van der Waals surface area contributed by atoms with Gasteiger partial charge in [-0.15, -0.1) is 0 Å². The molecular formula is C22H16N4O5S. The summed E-state index contributed by atoms with van der Waals surface area (Å²) in [6.45, 7) is 0.261. The van der Waals surface area contributed by atoms with Gasteiger partial charge in [0.2, 0.25) is 0 Å². The molecule has 1 heterocycles. The first-order valence-corrected chi connectivity index (χ1v) is 10.4. The highest BCUT2D eigenvalue weighted by Gasteiger charge is 2.27.